The van der Waals surface area contributed by atoms with Gasteiger partial charge in [-0.1, -0.05) is 22.0 Å². The molecule has 0 saturated heterocycles. The number of anilines is 1. The van der Waals surface area contributed by atoms with Crippen LogP contribution in [0, 0.1) is 17.0 Å². The summed E-state index contributed by atoms with van der Waals surface area (Å²) in [6, 6.07) is 9.38. The van der Waals surface area contributed by atoms with E-state index in [1.807, 2.05) is 0 Å². The number of carbonyl (C=O) groups is 1. The number of carbonyl (C=O) groups excluding carboxylic acids is 1. The van der Waals surface area contributed by atoms with Gasteiger partial charge in [-0.3, -0.25) is 14.9 Å². The third-order valence-corrected chi connectivity index (χ3v) is 3.90. The Morgan fingerprint density at radius 1 is 1.24 bits per heavy atom. The van der Waals surface area contributed by atoms with Crippen molar-refractivity contribution in [2.45, 2.75) is 6.92 Å². The Morgan fingerprint density at radius 3 is 2.68 bits per heavy atom. The fourth-order valence-corrected chi connectivity index (χ4v) is 2.45. The number of halogens is 1. The molecule has 8 heteroatoms. The minimum Gasteiger partial charge on any atom is -0.490 e. The molecule has 0 heterocycles. The summed E-state index contributed by atoms with van der Waals surface area (Å²) in [6.45, 7) is 2.45. The normalized spacial score (nSPS) is 10.4. The Hall–Kier alpha value is -2.45. The van der Waals surface area contributed by atoms with Crippen molar-refractivity contribution in [1.29, 1.82) is 0 Å². The van der Waals surface area contributed by atoms with Crippen molar-refractivity contribution < 1.29 is 19.2 Å². The molecule has 0 radical (unpaired) electrons. The van der Waals surface area contributed by atoms with Crippen molar-refractivity contribution in [3.63, 3.8) is 0 Å². The molecule has 0 bridgehead atoms. The van der Waals surface area contributed by atoms with Crippen LogP contribution in [0.2, 0.25) is 0 Å². The molecule has 0 spiro atoms. The lowest BCUT2D eigenvalue weighted by atomic mass is 10.1. The van der Waals surface area contributed by atoms with Gasteiger partial charge in [0.25, 0.3) is 11.6 Å². The summed E-state index contributed by atoms with van der Waals surface area (Å²) in [4.78, 5) is 23.1. The summed E-state index contributed by atoms with van der Waals surface area (Å²) in [6.07, 6.45) is 0. The van der Waals surface area contributed by atoms with Gasteiger partial charge in [-0.05, 0) is 30.7 Å². The van der Waals surface area contributed by atoms with E-state index < -0.39 is 10.8 Å². The van der Waals surface area contributed by atoms with Gasteiger partial charge < -0.3 is 14.8 Å². The first-order chi connectivity index (χ1) is 11.9. The average Bonchev–Trinajstić information content (AvgIpc) is 2.58. The van der Waals surface area contributed by atoms with Crippen LogP contribution in [0.1, 0.15) is 15.9 Å². The highest BCUT2D eigenvalue weighted by molar-refractivity contribution is 9.10. The molecule has 2 aromatic carbocycles. The first-order valence-electron chi connectivity index (χ1n) is 7.40. The van der Waals surface area contributed by atoms with E-state index in [2.05, 4.69) is 21.2 Å². The third kappa shape index (κ3) is 5.01. The number of rotatable bonds is 7. The second kappa shape index (κ2) is 8.59. The summed E-state index contributed by atoms with van der Waals surface area (Å²) in [7, 11) is 1.56. The molecule has 1 N–H and O–H groups in total. The van der Waals surface area contributed by atoms with E-state index in [9.17, 15) is 14.9 Å². The first kappa shape index (κ1) is 18.9. The molecule has 7 nitrogen and oxygen atoms in total. The number of hydrogen-bond acceptors (Lipinski definition) is 5. The highest BCUT2D eigenvalue weighted by atomic mass is 79.9. The van der Waals surface area contributed by atoms with Crippen LogP contribution in [0.5, 0.6) is 5.75 Å². The molecule has 2 rings (SSSR count). The number of benzene rings is 2. The number of aryl methyl sites for hydroxylation is 1. The monoisotopic (exact) mass is 408 g/mol. The van der Waals surface area contributed by atoms with Crippen LogP contribution in [0.4, 0.5) is 11.4 Å². The number of non-ortho nitro benzene ring substituents is 1. The maximum absolute atomic E-state index is 12.6. The van der Waals surface area contributed by atoms with Crippen molar-refractivity contribution in [3.8, 4) is 5.75 Å². The number of nitro benzene ring substituents is 1. The summed E-state index contributed by atoms with van der Waals surface area (Å²) >= 11 is 3.33. The molecule has 132 valence electrons. The maximum atomic E-state index is 12.6. The Balaban J connectivity index is 2.27. The zero-order valence-corrected chi connectivity index (χ0v) is 15.3. The quantitative estimate of drug-likeness (QED) is 0.425. The predicted octanol–water partition coefficient (Wildman–Crippen LogP) is 3.94. The maximum Gasteiger partial charge on any atom is 0.271 e. The first-order valence-corrected chi connectivity index (χ1v) is 8.19. The van der Waals surface area contributed by atoms with Gasteiger partial charge in [-0.2, -0.15) is 0 Å². The van der Waals surface area contributed by atoms with Crippen LogP contribution in [0.25, 0.3) is 0 Å². The molecule has 2 aromatic rings. The fraction of sp³-hybridized carbons (Fsp3) is 0.235. The summed E-state index contributed by atoms with van der Waals surface area (Å²) in [5.74, 6) is -0.0156. The van der Waals surface area contributed by atoms with Crippen molar-refractivity contribution in [1.82, 2.24) is 0 Å². The number of amides is 1. The van der Waals surface area contributed by atoms with Crippen LogP contribution in [0.15, 0.2) is 40.9 Å². The standard InChI is InChI=1S/C17H17BrN2O5/c1-11-3-5-13(20(22)23)10-15(11)19-17(21)14-9-12(18)4-6-16(14)25-8-7-24-2/h3-6,9-10H,7-8H2,1-2H3,(H,19,21). The van der Waals surface area contributed by atoms with Gasteiger partial charge in [0.1, 0.15) is 12.4 Å². The second-order valence-electron chi connectivity index (χ2n) is 5.19. The van der Waals surface area contributed by atoms with Crippen molar-refractivity contribution in [2.24, 2.45) is 0 Å². The Kier molecular flexibility index (Phi) is 6.49. The lowest BCUT2D eigenvalue weighted by Gasteiger charge is -2.13. The summed E-state index contributed by atoms with van der Waals surface area (Å²) < 4.78 is 11.2. The van der Waals surface area contributed by atoms with E-state index in [0.717, 1.165) is 5.56 Å². The van der Waals surface area contributed by atoms with Crippen LogP contribution in [0.3, 0.4) is 0 Å². The SMILES string of the molecule is COCCOc1ccc(Br)cc1C(=O)Nc1cc([N+](=O)[O-])ccc1C. The molecule has 0 saturated carbocycles. The van der Waals surface area contributed by atoms with E-state index in [0.29, 0.717) is 34.7 Å². The molecule has 0 unspecified atom stereocenters. The summed E-state index contributed by atoms with van der Waals surface area (Å²) in [5.41, 5.74) is 1.32. The molecule has 0 atom stereocenters. The fourth-order valence-electron chi connectivity index (χ4n) is 2.09. The Morgan fingerprint density at radius 2 is 2.00 bits per heavy atom. The highest BCUT2D eigenvalue weighted by Gasteiger charge is 2.16. The molecule has 0 aliphatic carbocycles. The van der Waals surface area contributed by atoms with Crippen LogP contribution in [-0.4, -0.2) is 31.2 Å². The molecule has 1 amide bonds. The minimum atomic E-state index is -0.506. The van der Waals surface area contributed by atoms with E-state index in [-0.39, 0.29) is 5.69 Å². The van der Waals surface area contributed by atoms with E-state index in [1.54, 1.807) is 38.3 Å². The number of nitrogens with zero attached hydrogens (tertiary/aromatic N) is 1. The number of hydrogen-bond donors (Lipinski definition) is 1. The number of nitro groups is 1. The lowest BCUT2D eigenvalue weighted by Crippen LogP contribution is -2.15. The molecule has 0 aliphatic heterocycles. The van der Waals surface area contributed by atoms with Crippen LogP contribution >= 0.6 is 15.9 Å². The molecule has 0 aromatic heterocycles. The van der Waals surface area contributed by atoms with E-state index in [1.165, 1.54) is 12.1 Å². The topological polar surface area (TPSA) is 90.7 Å². The van der Waals surface area contributed by atoms with Gasteiger partial charge in [-0.25, -0.2) is 0 Å². The van der Waals surface area contributed by atoms with E-state index in [4.69, 9.17) is 9.47 Å². The average molecular weight is 409 g/mol. The highest BCUT2D eigenvalue weighted by Crippen LogP contribution is 2.26. The molecular formula is C17H17BrN2O5. The smallest absolute Gasteiger partial charge is 0.271 e. The van der Waals surface area contributed by atoms with Gasteiger partial charge in [0.05, 0.1) is 22.8 Å². The van der Waals surface area contributed by atoms with Gasteiger partial charge in [0, 0.05) is 23.7 Å². The third-order valence-electron chi connectivity index (χ3n) is 3.41. The molecule has 0 fully saturated rings. The van der Waals surface area contributed by atoms with Crippen LogP contribution in [-0.2, 0) is 4.74 Å². The number of nitrogens with one attached hydrogen (secondary N) is 1. The van der Waals surface area contributed by atoms with Gasteiger partial charge in [0.15, 0.2) is 0 Å². The van der Waals surface area contributed by atoms with E-state index >= 15 is 0 Å². The van der Waals surface area contributed by atoms with Crippen LogP contribution < -0.4 is 10.1 Å². The van der Waals surface area contributed by atoms with Gasteiger partial charge in [0.2, 0.25) is 0 Å². The minimum absolute atomic E-state index is 0.0910. The number of ether oxygens (including phenoxy) is 2. The van der Waals surface area contributed by atoms with Crippen molar-refractivity contribution in [2.75, 3.05) is 25.6 Å². The second-order valence-corrected chi connectivity index (χ2v) is 6.11. The van der Waals surface area contributed by atoms with Crippen molar-refractivity contribution >= 4 is 33.2 Å². The zero-order chi connectivity index (χ0) is 18.4. The Labute approximate surface area is 153 Å². The lowest BCUT2D eigenvalue weighted by molar-refractivity contribution is -0.384. The van der Waals surface area contributed by atoms with Gasteiger partial charge in [-0.15, -0.1) is 0 Å². The number of methoxy groups -OCH3 is 1. The predicted molar refractivity (Wildman–Crippen MR) is 97.3 cm³/mol. The zero-order valence-electron chi connectivity index (χ0n) is 13.7. The summed E-state index contributed by atoms with van der Waals surface area (Å²) in [5, 5.41) is 13.6. The van der Waals surface area contributed by atoms with Crippen molar-refractivity contribution in [3.05, 3.63) is 62.1 Å². The molecular weight excluding hydrogens is 392 g/mol. The molecule has 25 heavy (non-hydrogen) atoms. The van der Waals surface area contributed by atoms with Gasteiger partial charge >= 0.3 is 0 Å². The molecule has 0 aliphatic rings. The Bertz CT molecular complexity index is 795. The largest absolute Gasteiger partial charge is 0.490 e.